The molecule has 1 aliphatic heterocycles. The van der Waals surface area contributed by atoms with Crippen LogP contribution in [0.4, 0.5) is 5.69 Å². The van der Waals surface area contributed by atoms with E-state index in [2.05, 4.69) is 0 Å². The number of hydrogen-bond donors (Lipinski definition) is 0. The quantitative estimate of drug-likeness (QED) is 0.382. The van der Waals surface area contributed by atoms with Gasteiger partial charge in [-0.1, -0.05) is 54.6 Å². The summed E-state index contributed by atoms with van der Waals surface area (Å²) in [4.78, 5) is 37.1. The van der Waals surface area contributed by atoms with Crippen LogP contribution in [0.15, 0.2) is 78.9 Å². The Labute approximate surface area is 165 Å². The molecule has 3 aromatic rings. The predicted octanol–water partition coefficient (Wildman–Crippen LogP) is 4.21. The average molecular weight is 385 g/mol. The molecule has 0 N–H and O–H groups in total. The van der Waals surface area contributed by atoms with Crippen molar-refractivity contribution in [3.8, 4) is 5.75 Å². The van der Waals surface area contributed by atoms with Crippen LogP contribution in [-0.2, 0) is 0 Å². The molecule has 0 amide bonds. The third-order valence-corrected chi connectivity index (χ3v) is 5.72. The fourth-order valence-electron chi connectivity index (χ4n) is 4.33. The minimum atomic E-state index is -1.30. The van der Waals surface area contributed by atoms with Gasteiger partial charge in [-0.2, -0.15) is 0 Å². The van der Waals surface area contributed by atoms with E-state index in [9.17, 15) is 19.7 Å². The first kappa shape index (κ1) is 17.3. The van der Waals surface area contributed by atoms with Crippen LogP contribution >= 0.6 is 0 Å². The van der Waals surface area contributed by atoms with Crippen LogP contribution in [0.1, 0.15) is 32.2 Å². The van der Waals surface area contributed by atoms with Crippen molar-refractivity contribution < 1.29 is 19.2 Å². The van der Waals surface area contributed by atoms with Crippen LogP contribution in [0.3, 0.4) is 0 Å². The summed E-state index contributed by atoms with van der Waals surface area (Å²) in [6.07, 6.45) is 0. The smallest absolute Gasteiger partial charge is 0.269 e. The number of para-hydroxylation sites is 1. The van der Waals surface area contributed by atoms with E-state index in [-0.39, 0.29) is 17.3 Å². The zero-order valence-corrected chi connectivity index (χ0v) is 15.1. The van der Waals surface area contributed by atoms with Gasteiger partial charge >= 0.3 is 0 Å². The zero-order valence-electron chi connectivity index (χ0n) is 15.1. The lowest BCUT2D eigenvalue weighted by atomic mass is 10.0. The molecule has 0 bridgehead atoms. The van der Waals surface area contributed by atoms with Gasteiger partial charge in [0.15, 0.2) is 11.4 Å². The summed E-state index contributed by atoms with van der Waals surface area (Å²) in [6.45, 7) is 0. The molecule has 6 nitrogen and oxygen atoms in total. The number of carbonyl (C=O) groups is 2. The molecule has 29 heavy (non-hydrogen) atoms. The van der Waals surface area contributed by atoms with Gasteiger partial charge in [0.1, 0.15) is 5.75 Å². The van der Waals surface area contributed by atoms with E-state index in [4.69, 9.17) is 4.74 Å². The Bertz CT molecular complexity index is 1160. The van der Waals surface area contributed by atoms with Gasteiger partial charge in [0.05, 0.1) is 16.4 Å². The molecule has 1 spiro atoms. The van der Waals surface area contributed by atoms with E-state index < -0.39 is 22.4 Å². The van der Waals surface area contributed by atoms with Gasteiger partial charge in [-0.25, -0.2) is 0 Å². The molecule has 6 heteroatoms. The van der Waals surface area contributed by atoms with E-state index in [0.29, 0.717) is 22.4 Å². The Morgan fingerprint density at radius 2 is 1.59 bits per heavy atom. The Morgan fingerprint density at radius 3 is 2.24 bits per heavy atom. The first-order valence-electron chi connectivity index (χ1n) is 9.20. The van der Waals surface area contributed by atoms with Crippen molar-refractivity contribution in [2.45, 2.75) is 11.5 Å². The van der Waals surface area contributed by atoms with Gasteiger partial charge in [-0.3, -0.25) is 19.7 Å². The van der Waals surface area contributed by atoms with Crippen LogP contribution in [0.2, 0.25) is 0 Å². The Balaban J connectivity index is 1.59. The normalized spacial score (nSPS) is 24.1. The summed E-state index contributed by atoms with van der Waals surface area (Å²) in [5.74, 6) is -1.12. The Morgan fingerprint density at radius 1 is 0.931 bits per heavy atom. The van der Waals surface area contributed by atoms with Crippen molar-refractivity contribution in [1.82, 2.24) is 0 Å². The molecule has 5 rings (SSSR count). The molecule has 2 aliphatic rings. The van der Waals surface area contributed by atoms with Gasteiger partial charge in [0.2, 0.25) is 5.78 Å². The maximum absolute atomic E-state index is 13.3. The summed E-state index contributed by atoms with van der Waals surface area (Å²) < 4.78 is 6.11. The molecule has 0 radical (unpaired) electrons. The highest BCUT2D eigenvalue weighted by atomic mass is 16.6. The lowest BCUT2D eigenvalue weighted by molar-refractivity contribution is -0.384. The number of nitro benzene ring substituents is 1. The molecule has 1 aliphatic carbocycles. The van der Waals surface area contributed by atoms with Gasteiger partial charge in [0.25, 0.3) is 5.69 Å². The van der Waals surface area contributed by atoms with Gasteiger partial charge in [0, 0.05) is 23.6 Å². The number of ether oxygens (including phenoxy) is 1. The first-order valence-corrected chi connectivity index (χ1v) is 9.20. The number of hydrogen-bond acceptors (Lipinski definition) is 5. The molecule has 3 atom stereocenters. The highest BCUT2D eigenvalue weighted by molar-refractivity contribution is 6.17. The highest BCUT2D eigenvalue weighted by Crippen LogP contribution is 2.65. The molecule has 0 saturated heterocycles. The number of rotatable bonds is 4. The molecule has 1 saturated carbocycles. The SMILES string of the molecule is O=C(c1ccccc1)[C@H]1[C@@H](c2ccc([N+](=O)[O-])cc2)[C@@]12Oc1ccccc1C2=O. The van der Waals surface area contributed by atoms with E-state index in [1.807, 2.05) is 6.07 Å². The lowest BCUT2D eigenvalue weighted by Crippen LogP contribution is -2.29. The standard InChI is InChI=1S/C23H15NO5/c25-21(15-6-2-1-3-7-15)20-19(14-10-12-16(13-11-14)24(27)28)23(20)22(26)17-8-4-5-9-18(17)29-23/h1-13,19-20H/t19-,20-,23-/m1/s1. The van der Waals surface area contributed by atoms with Gasteiger partial charge in [-0.05, 0) is 17.7 Å². The van der Waals surface area contributed by atoms with E-state index >= 15 is 0 Å². The second-order valence-electron chi connectivity index (χ2n) is 7.25. The number of ketones is 2. The van der Waals surface area contributed by atoms with Crippen LogP contribution in [0, 0.1) is 16.0 Å². The third-order valence-electron chi connectivity index (χ3n) is 5.72. The molecular weight excluding hydrogens is 370 g/mol. The van der Waals surface area contributed by atoms with E-state index in [1.165, 1.54) is 12.1 Å². The number of benzene rings is 3. The number of nitro groups is 1. The fraction of sp³-hybridized carbons (Fsp3) is 0.130. The van der Waals surface area contributed by atoms with Crippen LogP contribution in [0.5, 0.6) is 5.75 Å². The number of non-ortho nitro benzene ring substituents is 1. The second-order valence-corrected chi connectivity index (χ2v) is 7.25. The number of carbonyl (C=O) groups excluding carboxylic acids is 2. The van der Waals surface area contributed by atoms with Crippen molar-refractivity contribution in [2.24, 2.45) is 5.92 Å². The first-order chi connectivity index (χ1) is 14.0. The lowest BCUT2D eigenvalue weighted by Gasteiger charge is -2.10. The summed E-state index contributed by atoms with van der Waals surface area (Å²) in [6, 6.07) is 21.7. The molecule has 142 valence electrons. The molecule has 1 fully saturated rings. The summed E-state index contributed by atoms with van der Waals surface area (Å²) in [5.41, 5.74) is 0.297. The third kappa shape index (κ3) is 2.42. The molecule has 0 aromatic heterocycles. The Hall–Kier alpha value is -3.80. The number of fused-ring (bicyclic) bond motifs is 1. The molecule has 1 heterocycles. The van der Waals surface area contributed by atoms with Gasteiger partial charge < -0.3 is 4.74 Å². The average Bonchev–Trinajstić information content (AvgIpc) is 3.33. The van der Waals surface area contributed by atoms with Gasteiger partial charge in [-0.15, -0.1) is 0 Å². The second kappa shape index (κ2) is 6.10. The minimum absolute atomic E-state index is 0.0451. The van der Waals surface area contributed by atoms with Crippen molar-refractivity contribution in [2.75, 3.05) is 0 Å². The maximum atomic E-state index is 13.3. The highest BCUT2D eigenvalue weighted by Gasteiger charge is 2.77. The van der Waals surface area contributed by atoms with E-state index in [1.54, 1.807) is 60.7 Å². The Kier molecular flexibility index (Phi) is 3.64. The number of nitrogens with zero attached hydrogens (tertiary/aromatic N) is 1. The van der Waals surface area contributed by atoms with Crippen LogP contribution in [0.25, 0.3) is 0 Å². The molecule has 0 unspecified atom stereocenters. The summed E-state index contributed by atoms with van der Waals surface area (Å²) in [5, 5.41) is 11.0. The molecular formula is C23H15NO5. The van der Waals surface area contributed by atoms with Crippen molar-refractivity contribution >= 4 is 17.3 Å². The van der Waals surface area contributed by atoms with Crippen LogP contribution in [-0.4, -0.2) is 22.1 Å². The summed E-state index contributed by atoms with van der Waals surface area (Å²) >= 11 is 0. The predicted molar refractivity (Wildman–Crippen MR) is 104 cm³/mol. The molecule has 3 aromatic carbocycles. The fourth-order valence-corrected chi connectivity index (χ4v) is 4.33. The monoisotopic (exact) mass is 385 g/mol. The zero-order chi connectivity index (χ0) is 20.2. The summed E-state index contributed by atoms with van der Waals surface area (Å²) in [7, 11) is 0. The topological polar surface area (TPSA) is 86.5 Å². The van der Waals surface area contributed by atoms with Crippen molar-refractivity contribution in [3.05, 3.63) is 106 Å². The largest absolute Gasteiger partial charge is 0.477 e. The van der Waals surface area contributed by atoms with Crippen molar-refractivity contribution in [1.29, 1.82) is 0 Å². The van der Waals surface area contributed by atoms with Crippen molar-refractivity contribution in [3.63, 3.8) is 0 Å². The van der Waals surface area contributed by atoms with Crippen LogP contribution < -0.4 is 4.74 Å². The maximum Gasteiger partial charge on any atom is 0.269 e. The van der Waals surface area contributed by atoms with E-state index in [0.717, 1.165) is 0 Å². The number of Topliss-reactive ketones (excluding diaryl/α,β-unsaturated/α-hetero) is 2. The minimum Gasteiger partial charge on any atom is -0.477 e.